The molecule has 1 aliphatic heterocycles. The van der Waals surface area contributed by atoms with Gasteiger partial charge in [0, 0.05) is 25.2 Å². The normalized spacial score (nSPS) is 17.9. The van der Waals surface area contributed by atoms with E-state index in [0.29, 0.717) is 22.9 Å². The van der Waals surface area contributed by atoms with Crippen molar-refractivity contribution in [1.29, 1.82) is 0 Å². The molecule has 2 atom stereocenters. The summed E-state index contributed by atoms with van der Waals surface area (Å²) < 4.78 is 74.3. The van der Waals surface area contributed by atoms with E-state index in [1.165, 1.54) is 22.6 Å². The smallest absolute Gasteiger partial charge is 0.417 e. The number of alkyl halides is 3. The van der Waals surface area contributed by atoms with Gasteiger partial charge in [-0.25, -0.2) is 17.9 Å². The number of nitrogens with one attached hydrogen (secondary N) is 1. The first-order valence-corrected chi connectivity index (χ1v) is 13.1. The number of benzene rings is 2. The maximum absolute atomic E-state index is 13.6. The molecule has 1 N–H and O–H groups in total. The van der Waals surface area contributed by atoms with Crippen LogP contribution in [0.5, 0.6) is 0 Å². The van der Waals surface area contributed by atoms with Crippen molar-refractivity contribution in [3.05, 3.63) is 65.9 Å². The van der Waals surface area contributed by atoms with Crippen LogP contribution in [0, 0.1) is 6.92 Å². The Morgan fingerprint density at radius 2 is 1.82 bits per heavy atom. The summed E-state index contributed by atoms with van der Waals surface area (Å²) in [7, 11) is -3.35. The second kappa shape index (κ2) is 10.1. The number of sulfone groups is 1. The summed E-state index contributed by atoms with van der Waals surface area (Å²) in [6, 6.07) is 11.3. The highest BCUT2D eigenvalue weighted by Gasteiger charge is 2.47. The molecular weight excluding hydrogens is 525 g/mol. The van der Waals surface area contributed by atoms with Crippen molar-refractivity contribution in [2.24, 2.45) is 0 Å². The topological polar surface area (TPSA) is 111 Å². The van der Waals surface area contributed by atoms with Crippen LogP contribution in [0.2, 0.25) is 0 Å². The van der Waals surface area contributed by atoms with E-state index in [1.54, 1.807) is 37.3 Å². The molecule has 3 aromatic rings. The number of esters is 1. The molecule has 4 rings (SSSR count). The number of amides is 1. The number of halogens is 3. The number of nitrogens with zero attached hydrogens (tertiary/aromatic N) is 3. The van der Waals surface area contributed by atoms with Gasteiger partial charge in [-0.3, -0.25) is 4.79 Å². The fourth-order valence-corrected chi connectivity index (χ4v) is 6.47. The zero-order chi connectivity index (χ0) is 27.8. The quantitative estimate of drug-likeness (QED) is 0.466. The Hall–Kier alpha value is -3.87. The molecule has 0 saturated carbocycles. The van der Waals surface area contributed by atoms with E-state index in [2.05, 4.69) is 10.4 Å². The molecule has 2 heterocycles. The van der Waals surface area contributed by atoms with Crippen LogP contribution in [-0.2, 0) is 30.3 Å². The first-order valence-electron chi connectivity index (χ1n) is 11.5. The van der Waals surface area contributed by atoms with Crippen LogP contribution in [0.4, 0.5) is 24.7 Å². The Kier molecular flexibility index (Phi) is 7.24. The number of carbonyl (C=O) groups excluding carboxylic acids is 2. The third kappa shape index (κ3) is 5.23. The van der Waals surface area contributed by atoms with E-state index >= 15 is 0 Å². The molecule has 1 saturated heterocycles. The molecule has 0 unspecified atom stereocenters. The summed E-state index contributed by atoms with van der Waals surface area (Å²) in [5.41, 5.74) is 0.284. The van der Waals surface area contributed by atoms with Crippen LogP contribution in [0.1, 0.15) is 24.6 Å². The fourth-order valence-electron chi connectivity index (χ4n) is 4.56. The molecule has 1 amide bonds. The van der Waals surface area contributed by atoms with Crippen LogP contribution in [0.15, 0.2) is 59.5 Å². The zero-order valence-corrected chi connectivity index (χ0v) is 21.5. The van der Waals surface area contributed by atoms with Gasteiger partial charge in [-0.05, 0) is 43.7 Å². The second-order valence-corrected chi connectivity index (χ2v) is 11.1. The highest BCUT2D eigenvalue weighted by atomic mass is 32.2. The number of hydrogen-bond donors (Lipinski definition) is 1. The van der Waals surface area contributed by atoms with Crippen LogP contribution in [0.25, 0.3) is 5.69 Å². The molecule has 38 heavy (non-hydrogen) atoms. The summed E-state index contributed by atoms with van der Waals surface area (Å²) >= 11 is 0. The molecule has 1 aromatic heterocycles. The van der Waals surface area contributed by atoms with Crippen LogP contribution >= 0.6 is 0 Å². The average molecular weight is 551 g/mol. The van der Waals surface area contributed by atoms with E-state index in [9.17, 15) is 31.2 Å². The lowest BCUT2D eigenvalue weighted by Crippen LogP contribution is -2.38. The average Bonchev–Trinajstić information content (AvgIpc) is 3.47. The van der Waals surface area contributed by atoms with Gasteiger partial charge in [0.25, 0.3) is 0 Å². The Morgan fingerprint density at radius 3 is 2.47 bits per heavy atom. The maximum Gasteiger partial charge on any atom is 0.417 e. The zero-order valence-electron chi connectivity index (χ0n) is 20.7. The lowest BCUT2D eigenvalue weighted by Gasteiger charge is -2.25. The highest BCUT2D eigenvalue weighted by Crippen LogP contribution is 2.39. The van der Waals surface area contributed by atoms with Crippen molar-refractivity contribution in [3.63, 3.8) is 0 Å². The van der Waals surface area contributed by atoms with Gasteiger partial charge in [0.15, 0.2) is 9.84 Å². The van der Waals surface area contributed by atoms with E-state index < -0.39 is 43.7 Å². The van der Waals surface area contributed by atoms with Gasteiger partial charge in [-0.15, -0.1) is 0 Å². The van der Waals surface area contributed by atoms with Gasteiger partial charge < -0.3 is 15.0 Å². The molecule has 1 fully saturated rings. The third-order valence-corrected chi connectivity index (χ3v) is 8.38. The van der Waals surface area contributed by atoms with Gasteiger partial charge in [-0.2, -0.15) is 18.3 Å². The number of hydrogen-bond acceptors (Lipinski definition) is 7. The van der Waals surface area contributed by atoms with Crippen molar-refractivity contribution in [1.82, 2.24) is 9.78 Å². The molecule has 202 valence electrons. The molecule has 2 aromatic carbocycles. The number of rotatable bonds is 6. The molecule has 13 heteroatoms. The highest BCUT2D eigenvalue weighted by molar-refractivity contribution is 7.92. The fraction of sp³-hybridized carbons (Fsp3) is 0.320. The van der Waals surface area contributed by atoms with E-state index in [4.69, 9.17) is 4.74 Å². The Bertz CT molecular complexity index is 1490. The van der Waals surface area contributed by atoms with Crippen LogP contribution in [0.3, 0.4) is 0 Å². The van der Waals surface area contributed by atoms with Crippen molar-refractivity contribution in [2.45, 2.75) is 42.6 Å². The minimum Gasteiger partial charge on any atom is -0.467 e. The SMILES string of the molecule is COC(=O)[C@H]1C[C@@H](S(=O)(=O)c2ccccc2C(F)(F)F)CN1c1cc(C)nn1-c1cccc(NC(C)=O)c1. The largest absolute Gasteiger partial charge is 0.467 e. The maximum atomic E-state index is 13.6. The molecule has 0 spiro atoms. The number of ether oxygens (including phenoxy) is 1. The number of anilines is 2. The third-order valence-electron chi connectivity index (χ3n) is 6.19. The van der Waals surface area contributed by atoms with E-state index in [0.717, 1.165) is 25.3 Å². The summed E-state index contributed by atoms with van der Waals surface area (Å²) in [5.74, 6) is -0.666. The van der Waals surface area contributed by atoms with Gasteiger partial charge in [0.1, 0.15) is 11.9 Å². The van der Waals surface area contributed by atoms with Crippen molar-refractivity contribution in [2.75, 3.05) is 23.9 Å². The number of carbonyl (C=O) groups is 2. The molecule has 9 nitrogen and oxygen atoms in total. The lowest BCUT2D eigenvalue weighted by molar-refractivity contribution is -0.142. The van der Waals surface area contributed by atoms with Gasteiger partial charge in [0.2, 0.25) is 5.91 Å². The number of methoxy groups -OCH3 is 1. The number of aryl methyl sites for hydroxylation is 1. The lowest BCUT2D eigenvalue weighted by atomic mass is 10.2. The molecular formula is C25H25F3N4O5S. The standard InChI is InChI=1S/C25H25F3N4O5S/c1-15-11-23(32(30-15)18-8-6-7-17(12-18)29-16(2)33)31-14-19(13-21(31)24(34)37-3)38(35,36)22-10-5-4-9-20(22)25(26,27)28/h4-12,19,21H,13-14H2,1-3H3,(H,29,33)/t19-,21-/m1/s1. The summed E-state index contributed by atoms with van der Waals surface area (Å²) in [6.45, 7) is 2.79. The predicted octanol–water partition coefficient (Wildman–Crippen LogP) is 3.75. The molecule has 1 aliphatic rings. The Labute approximate surface area is 217 Å². The van der Waals surface area contributed by atoms with Crippen molar-refractivity contribution in [3.8, 4) is 5.69 Å². The minimum atomic E-state index is -4.88. The first kappa shape index (κ1) is 27.2. The second-order valence-electron chi connectivity index (χ2n) is 8.88. The van der Waals surface area contributed by atoms with Gasteiger partial charge >= 0.3 is 12.1 Å². The minimum absolute atomic E-state index is 0.273. The molecule has 0 aliphatic carbocycles. The van der Waals surface area contributed by atoms with E-state index in [1.807, 2.05) is 0 Å². The molecule has 0 bridgehead atoms. The summed E-state index contributed by atoms with van der Waals surface area (Å²) in [4.78, 5) is 24.9. The Morgan fingerprint density at radius 1 is 1.11 bits per heavy atom. The van der Waals surface area contributed by atoms with E-state index in [-0.39, 0.29) is 18.9 Å². The monoisotopic (exact) mass is 550 g/mol. The van der Waals surface area contributed by atoms with Gasteiger partial charge in [-0.1, -0.05) is 18.2 Å². The van der Waals surface area contributed by atoms with Crippen molar-refractivity contribution < 1.29 is 35.9 Å². The summed E-state index contributed by atoms with van der Waals surface area (Å²) in [6.07, 6.45) is -5.16. The first-order chi connectivity index (χ1) is 17.8. The number of aromatic nitrogens is 2. The van der Waals surface area contributed by atoms with Crippen LogP contribution in [-0.4, -0.2) is 55.0 Å². The van der Waals surface area contributed by atoms with Gasteiger partial charge in [0.05, 0.1) is 34.2 Å². The predicted molar refractivity (Wildman–Crippen MR) is 133 cm³/mol. The Balaban J connectivity index is 1.78. The summed E-state index contributed by atoms with van der Waals surface area (Å²) in [5, 5.41) is 5.81. The van der Waals surface area contributed by atoms with Crippen LogP contribution < -0.4 is 10.2 Å². The van der Waals surface area contributed by atoms with Crippen molar-refractivity contribution >= 4 is 33.2 Å². The molecule has 0 radical (unpaired) electrons.